The van der Waals surface area contributed by atoms with Gasteiger partial charge in [-0.1, -0.05) is 81.4 Å². The van der Waals surface area contributed by atoms with Gasteiger partial charge in [-0.05, 0) is 37.0 Å². The highest BCUT2D eigenvalue weighted by Crippen LogP contribution is 2.38. The van der Waals surface area contributed by atoms with E-state index in [0.29, 0.717) is 11.0 Å². The molecule has 3 aromatic carbocycles. The summed E-state index contributed by atoms with van der Waals surface area (Å²) in [5.41, 5.74) is 12.5. The molecule has 2 heterocycles. The fourth-order valence-corrected chi connectivity index (χ4v) is 5.71. The van der Waals surface area contributed by atoms with Crippen LogP contribution in [0.2, 0.25) is 0 Å². The van der Waals surface area contributed by atoms with E-state index in [1.807, 2.05) is 48.5 Å². The minimum Gasteiger partial charge on any atom is -0.368 e. The molecule has 2 aromatic heterocycles. The van der Waals surface area contributed by atoms with Gasteiger partial charge in [-0.25, -0.2) is 22.4 Å². The number of fused-ring (bicyclic) bond motifs is 1. The second-order valence-corrected chi connectivity index (χ2v) is 12.8. The first-order valence-corrected chi connectivity index (χ1v) is 13.8. The number of aromatic nitrogens is 4. The molecule has 8 heteroatoms. The Balaban J connectivity index is 1.77. The minimum absolute atomic E-state index is 0.0500. The number of nitrogens with two attached hydrogens (primary N) is 1. The number of H-pyrrole nitrogens is 1. The average molecular weight is 514 g/mol. The standard InChI is InChI=1S/C29H31N5O2S/c1-18(2)37(35,36)34-24-17-20(15-16-23(24)31-28(34)30)26-25(19-11-7-6-8-12-19)32-27(33-26)21-13-9-10-14-22(21)29(3,4)5/h6-18H,1-5H3,(H2,30,31)(H,32,33). The Bertz CT molecular complexity index is 1710. The molecule has 7 nitrogen and oxygen atoms in total. The van der Waals surface area contributed by atoms with Crippen molar-refractivity contribution >= 4 is 27.0 Å². The third kappa shape index (κ3) is 4.31. The molecule has 0 amide bonds. The van der Waals surface area contributed by atoms with E-state index in [1.54, 1.807) is 26.0 Å². The molecule has 0 radical (unpaired) electrons. The number of benzene rings is 3. The van der Waals surface area contributed by atoms with Crippen molar-refractivity contribution in [1.82, 2.24) is 18.9 Å². The van der Waals surface area contributed by atoms with Crippen LogP contribution in [-0.2, 0) is 15.4 Å². The highest BCUT2D eigenvalue weighted by molar-refractivity contribution is 7.90. The maximum Gasteiger partial charge on any atom is 0.244 e. The largest absolute Gasteiger partial charge is 0.368 e. The van der Waals surface area contributed by atoms with Crippen molar-refractivity contribution in [2.45, 2.75) is 45.3 Å². The highest BCUT2D eigenvalue weighted by atomic mass is 32.2. The first-order valence-electron chi connectivity index (χ1n) is 12.3. The molecule has 0 aliphatic heterocycles. The molecule has 0 aliphatic carbocycles. The van der Waals surface area contributed by atoms with E-state index in [0.717, 1.165) is 37.9 Å². The Labute approximate surface area is 217 Å². The SMILES string of the molecule is CC(C)S(=O)(=O)n1c(N)nc2ccc(-c3nc(-c4ccccc4C(C)(C)C)[nH]c3-c3ccccc3)cc21. The summed E-state index contributed by atoms with van der Waals surface area (Å²) < 4.78 is 27.4. The van der Waals surface area contributed by atoms with Crippen molar-refractivity contribution in [2.75, 3.05) is 5.73 Å². The van der Waals surface area contributed by atoms with Crippen LogP contribution in [0.4, 0.5) is 5.95 Å². The number of imidazole rings is 2. The van der Waals surface area contributed by atoms with Crippen LogP contribution >= 0.6 is 0 Å². The molecular weight excluding hydrogens is 482 g/mol. The zero-order valence-corrected chi connectivity index (χ0v) is 22.5. The molecule has 3 N–H and O–H groups in total. The average Bonchev–Trinajstić information content (AvgIpc) is 3.44. The summed E-state index contributed by atoms with van der Waals surface area (Å²) in [5, 5.41) is -0.651. The van der Waals surface area contributed by atoms with E-state index in [1.165, 1.54) is 5.56 Å². The van der Waals surface area contributed by atoms with Gasteiger partial charge in [0.15, 0.2) is 0 Å². The number of nitrogens with zero attached hydrogens (tertiary/aromatic N) is 3. The smallest absolute Gasteiger partial charge is 0.244 e. The minimum atomic E-state index is -3.71. The Hall–Kier alpha value is -3.91. The quantitative estimate of drug-likeness (QED) is 0.290. The third-order valence-corrected chi connectivity index (χ3v) is 8.60. The van der Waals surface area contributed by atoms with Gasteiger partial charge >= 0.3 is 0 Å². The van der Waals surface area contributed by atoms with Gasteiger partial charge in [0, 0.05) is 16.7 Å². The number of anilines is 1. The van der Waals surface area contributed by atoms with E-state index in [-0.39, 0.29) is 11.4 Å². The van der Waals surface area contributed by atoms with Crippen molar-refractivity contribution in [3.8, 4) is 33.9 Å². The third-order valence-electron chi connectivity index (χ3n) is 6.52. The molecule has 0 atom stereocenters. The fraction of sp³-hybridized carbons (Fsp3) is 0.241. The highest BCUT2D eigenvalue weighted by Gasteiger charge is 2.26. The topological polar surface area (TPSA) is 107 Å². The van der Waals surface area contributed by atoms with Gasteiger partial charge in [-0.15, -0.1) is 0 Å². The Morgan fingerprint density at radius 1 is 0.892 bits per heavy atom. The Kier molecular flexibility index (Phi) is 5.95. The number of nitrogens with one attached hydrogen (secondary N) is 1. The zero-order chi connectivity index (χ0) is 26.5. The summed E-state index contributed by atoms with van der Waals surface area (Å²) in [6, 6.07) is 23.8. The fourth-order valence-electron chi connectivity index (χ4n) is 4.57. The number of nitrogen functional groups attached to an aromatic ring is 1. The second-order valence-electron chi connectivity index (χ2n) is 10.5. The Morgan fingerprint density at radius 3 is 2.24 bits per heavy atom. The van der Waals surface area contributed by atoms with Crippen molar-refractivity contribution in [2.24, 2.45) is 0 Å². The summed E-state index contributed by atoms with van der Waals surface area (Å²) in [5.74, 6) is 0.702. The molecule has 0 aliphatic rings. The maximum absolute atomic E-state index is 13.1. The van der Waals surface area contributed by atoms with E-state index in [9.17, 15) is 8.42 Å². The van der Waals surface area contributed by atoms with Crippen LogP contribution in [-0.4, -0.2) is 32.6 Å². The molecular formula is C29H31N5O2S. The van der Waals surface area contributed by atoms with Crippen molar-refractivity contribution < 1.29 is 8.42 Å². The summed E-state index contributed by atoms with van der Waals surface area (Å²) in [6.45, 7) is 9.81. The zero-order valence-electron chi connectivity index (χ0n) is 21.6. The van der Waals surface area contributed by atoms with Crippen molar-refractivity contribution in [3.63, 3.8) is 0 Å². The maximum atomic E-state index is 13.1. The molecule has 5 rings (SSSR count). The van der Waals surface area contributed by atoms with E-state index >= 15 is 0 Å². The van der Waals surface area contributed by atoms with Crippen LogP contribution in [0.1, 0.15) is 40.2 Å². The monoisotopic (exact) mass is 513 g/mol. The molecule has 0 fully saturated rings. The van der Waals surface area contributed by atoms with Crippen LogP contribution in [0, 0.1) is 0 Å². The van der Waals surface area contributed by atoms with Gasteiger partial charge in [0.1, 0.15) is 5.82 Å². The van der Waals surface area contributed by atoms with Crippen molar-refractivity contribution in [1.29, 1.82) is 0 Å². The van der Waals surface area contributed by atoms with Crippen molar-refractivity contribution in [3.05, 3.63) is 78.4 Å². The van der Waals surface area contributed by atoms with E-state index in [2.05, 4.69) is 42.9 Å². The van der Waals surface area contributed by atoms with Gasteiger partial charge in [0.05, 0.1) is 27.7 Å². The van der Waals surface area contributed by atoms with Gasteiger partial charge in [-0.3, -0.25) is 0 Å². The molecule has 0 saturated carbocycles. The second kappa shape index (κ2) is 8.88. The number of rotatable bonds is 5. The Morgan fingerprint density at radius 2 is 1.57 bits per heavy atom. The van der Waals surface area contributed by atoms with Crippen LogP contribution < -0.4 is 5.73 Å². The van der Waals surface area contributed by atoms with E-state index in [4.69, 9.17) is 10.7 Å². The van der Waals surface area contributed by atoms with Gasteiger partial charge < -0.3 is 10.7 Å². The lowest BCUT2D eigenvalue weighted by Gasteiger charge is -2.21. The lowest BCUT2D eigenvalue weighted by molar-refractivity contribution is 0.580. The molecule has 0 spiro atoms. The number of hydrogen-bond acceptors (Lipinski definition) is 5. The normalized spacial score (nSPS) is 12.5. The molecule has 0 bridgehead atoms. The molecule has 37 heavy (non-hydrogen) atoms. The van der Waals surface area contributed by atoms with E-state index < -0.39 is 15.3 Å². The first kappa shape index (κ1) is 24.8. The predicted molar refractivity (Wildman–Crippen MR) is 151 cm³/mol. The van der Waals surface area contributed by atoms with Crippen LogP contribution in [0.25, 0.3) is 44.9 Å². The van der Waals surface area contributed by atoms with Gasteiger partial charge in [0.25, 0.3) is 0 Å². The van der Waals surface area contributed by atoms with Crippen LogP contribution in [0.3, 0.4) is 0 Å². The van der Waals surface area contributed by atoms with Crippen LogP contribution in [0.15, 0.2) is 72.8 Å². The molecule has 5 aromatic rings. The van der Waals surface area contributed by atoms with Crippen LogP contribution in [0.5, 0.6) is 0 Å². The number of hydrogen-bond donors (Lipinski definition) is 2. The van der Waals surface area contributed by atoms with Gasteiger partial charge in [0.2, 0.25) is 16.0 Å². The molecule has 0 saturated heterocycles. The molecule has 190 valence electrons. The molecule has 0 unspecified atom stereocenters. The lowest BCUT2D eigenvalue weighted by Crippen LogP contribution is -2.23. The predicted octanol–water partition coefficient (Wildman–Crippen LogP) is 6.23. The van der Waals surface area contributed by atoms with Gasteiger partial charge in [-0.2, -0.15) is 0 Å². The first-order chi connectivity index (χ1) is 17.5. The summed E-state index contributed by atoms with van der Waals surface area (Å²) in [6.07, 6.45) is 0. The number of aromatic amines is 1. The summed E-state index contributed by atoms with van der Waals surface area (Å²) in [7, 11) is -3.71. The lowest BCUT2D eigenvalue weighted by atomic mass is 9.83. The summed E-state index contributed by atoms with van der Waals surface area (Å²) >= 11 is 0. The summed E-state index contributed by atoms with van der Waals surface area (Å²) in [4.78, 5) is 12.9.